The first-order chi connectivity index (χ1) is 9.63. The van der Waals surface area contributed by atoms with Crippen molar-refractivity contribution in [1.29, 1.82) is 0 Å². The zero-order chi connectivity index (χ0) is 14.1. The van der Waals surface area contributed by atoms with Gasteiger partial charge in [-0.1, -0.05) is 5.21 Å². The smallest absolute Gasteiger partial charge is 0.325 e. The summed E-state index contributed by atoms with van der Waals surface area (Å²) in [5, 5.41) is 18.1. The van der Waals surface area contributed by atoms with E-state index in [9.17, 15) is 9.59 Å². The SMILES string of the molecule is O=C(O)Cn1cc(C(=O)N2CCc3sccc3C2)nn1. The van der Waals surface area contributed by atoms with E-state index in [0.717, 1.165) is 11.1 Å². The van der Waals surface area contributed by atoms with Gasteiger partial charge >= 0.3 is 5.97 Å². The fraction of sp³-hybridized carbons (Fsp3) is 0.333. The summed E-state index contributed by atoms with van der Waals surface area (Å²) in [6, 6.07) is 2.03. The minimum atomic E-state index is -1.02. The lowest BCUT2D eigenvalue weighted by atomic mass is 10.1. The highest BCUT2D eigenvalue weighted by atomic mass is 32.1. The molecule has 1 amide bonds. The standard InChI is InChI=1S/C12H12N4O3S/c17-11(18)7-16-6-9(13-14-16)12(19)15-3-1-10-8(5-15)2-4-20-10/h2,4,6H,1,3,5,7H2,(H,17,18). The van der Waals surface area contributed by atoms with E-state index < -0.39 is 5.97 Å². The van der Waals surface area contributed by atoms with Crippen LogP contribution in [-0.2, 0) is 24.3 Å². The Morgan fingerprint density at radius 1 is 1.45 bits per heavy atom. The molecular weight excluding hydrogens is 280 g/mol. The zero-order valence-corrected chi connectivity index (χ0v) is 11.3. The number of hydrogen-bond donors (Lipinski definition) is 1. The number of aromatic nitrogens is 3. The third-order valence-corrected chi connectivity index (χ3v) is 4.17. The Kier molecular flexibility index (Phi) is 3.23. The van der Waals surface area contributed by atoms with Crippen molar-refractivity contribution in [2.24, 2.45) is 0 Å². The molecule has 104 valence electrons. The van der Waals surface area contributed by atoms with Gasteiger partial charge in [-0.05, 0) is 23.4 Å². The predicted molar refractivity (Wildman–Crippen MR) is 70.4 cm³/mol. The van der Waals surface area contributed by atoms with Crippen molar-refractivity contribution in [2.75, 3.05) is 6.54 Å². The van der Waals surface area contributed by atoms with Crippen LogP contribution in [0.1, 0.15) is 20.9 Å². The van der Waals surface area contributed by atoms with Crippen LogP contribution in [0.25, 0.3) is 0 Å². The Labute approximate surface area is 118 Å². The molecule has 3 rings (SSSR count). The molecule has 0 spiro atoms. The maximum Gasteiger partial charge on any atom is 0.325 e. The van der Waals surface area contributed by atoms with E-state index in [4.69, 9.17) is 5.11 Å². The van der Waals surface area contributed by atoms with Crippen LogP contribution in [0.5, 0.6) is 0 Å². The molecule has 8 heteroatoms. The Morgan fingerprint density at radius 2 is 2.30 bits per heavy atom. The molecule has 1 aliphatic rings. The summed E-state index contributed by atoms with van der Waals surface area (Å²) in [4.78, 5) is 25.9. The maximum absolute atomic E-state index is 12.3. The van der Waals surface area contributed by atoms with Crippen molar-refractivity contribution in [1.82, 2.24) is 19.9 Å². The second-order valence-corrected chi connectivity index (χ2v) is 5.54. The summed E-state index contributed by atoms with van der Waals surface area (Å²) in [5.41, 5.74) is 1.36. The molecule has 2 aromatic rings. The summed E-state index contributed by atoms with van der Waals surface area (Å²) < 4.78 is 1.15. The average molecular weight is 292 g/mol. The maximum atomic E-state index is 12.3. The molecule has 0 radical (unpaired) electrons. The van der Waals surface area contributed by atoms with E-state index in [1.165, 1.54) is 16.6 Å². The number of carboxylic acids is 1. The molecule has 0 saturated heterocycles. The van der Waals surface area contributed by atoms with Crippen molar-refractivity contribution in [3.63, 3.8) is 0 Å². The summed E-state index contributed by atoms with van der Waals surface area (Å²) in [5.74, 6) is -1.23. The molecule has 0 saturated carbocycles. The summed E-state index contributed by atoms with van der Waals surface area (Å²) in [6.45, 7) is 0.927. The Bertz CT molecular complexity index is 663. The first kappa shape index (κ1) is 12.8. The number of thiophene rings is 1. The van der Waals surface area contributed by atoms with Gasteiger partial charge < -0.3 is 10.0 Å². The van der Waals surface area contributed by atoms with Gasteiger partial charge in [0.2, 0.25) is 0 Å². The second kappa shape index (κ2) is 5.04. The van der Waals surface area contributed by atoms with Gasteiger partial charge in [0.05, 0.1) is 6.20 Å². The number of carbonyl (C=O) groups excluding carboxylic acids is 1. The molecule has 0 aliphatic carbocycles. The molecule has 7 nitrogen and oxygen atoms in total. The average Bonchev–Trinajstić information content (AvgIpc) is 3.04. The number of aliphatic carboxylic acids is 1. The number of fused-ring (bicyclic) bond motifs is 1. The highest BCUT2D eigenvalue weighted by Crippen LogP contribution is 2.24. The second-order valence-electron chi connectivity index (χ2n) is 4.54. The van der Waals surface area contributed by atoms with E-state index in [1.807, 2.05) is 11.4 Å². The molecule has 20 heavy (non-hydrogen) atoms. The molecule has 0 fully saturated rings. The van der Waals surface area contributed by atoms with E-state index in [0.29, 0.717) is 13.1 Å². The van der Waals surface area contributed by atoms with E-state index >= 15 is 0 Å². The summed E-state index contributed by atoms with van der Waals surface area (Å²) in [6.07, 6.45) is 2.22. The highest BCUT2D eigenvalue weighted by Gasteiger charge is 2.24. The van der Waals surface area contributed by atoms with Crippen LogP contribution in [0.15, 0.2) is 17.6 Å². The topological polar surface area (TPSA) is 88.3 Å². The minimum absolute atomic E-state index is 0.185. The zero-order valence-electron chi connectivity index (χ0n) is 10.5. The molecule has 1 aliphatic heterocycles. The number of carboxylic acid groups (broad SMARTS) is 1. The normalized spacial score (nSPS) is 14.1. The van der Waals surface area contributed by atoms with Gasteiger partial charge in [0.15, 0.2) is 5.69 Å². The van der Waals surface area contributed by atoms with E-state index in [-0.39, 0.29) is 18.1 Å². The molecule has 3 heterocycles. The number of carbonyl (C=O) groups is 2. The van der Waals surface area contributed by atoms with Gasteiger partial charge in [0.1, 0.15) is 6.54 Å². The van der Waals surface area contributed by atoms with Gasteiger partial charge in [0.25, 0.3) is 5.91 Å². The van der Waals surface area contributed by atoms with Crippen LogP contribution in [-0.4, -0.2) is 43.4 Å². The highest BCUT2D eigenvalue weighted by molar-refractivity contribution is 7.10. The number of rotatable bonds is 3. The molecule has 2 aromatic heterocycles. The third-order valence-electron chi connectivity index (χ3n) is 3.15. The Hall–Kier alpha value is -2.22. The molecular formula is C12H12N4O3S. The lowest BCUT2D eigenvalue weighted by Crippen LogP contribution is -2.35. The van der Waals surface area contributed by atoms with Crippen molar-refractivity contribution in [3.8, 4) is 0 Å². The first-order valence-electron chi connectivity index (χ1n) is 6.10. The minimum Gasteiger partial charge on any atom is -0.480 e. The fourth-order valence-electron chi connectivity index (χ4n) is 2.20. The lowest BCUT2D eigenvalue weighted by Gasteiger charge is -2.26. The van der Waals surface area contributed by atoms with Crippen LogP contribution in [0, 0.1) is 0 Å². The Balaban J connectivity index is 1.73. The predicted octanol–water partition coefficient (Wildman–Crippen LogP) is 0.623. The molecule has 1 N–H and O–H groups in total. The summed E-state index contributed by atoms with van der Waals surface area (Å²) in [7, 11) is 0. The van der Waals surface area contributed by atoms with Crippen molar-refractivity contribution in [2.45, 2.75) is 19.5 Å². The molecule has 0 atom stereocenters. The quantitative estimate of drug-likeness (QED) is 0.896. The van der Waals surface area contributed by atoms with Crippen LogP contribution in [0.2, 0.25) is 0 Å². The molecule has 0 unspecified atom stereocenters. The van der Waals surface area contributed by atoms with Gasteiger partial charge in [-0.15, -0.1) is 16.4 Å². The fourth-order valence-corrected chi connectivity index (χ4v) is 3.09. The number of hydrogen-bond acceptors (Lipinski definition) is 5. The van der Waals surface area contributed by atoms with Crippen LogP contribution in [0.4, 0.5) is 0 Å². The van der Waals surface area contributed by atoms with Gasteiger partial charge in [0, 0.05) is 18.0 Å². The molecule has 0 aromatic carbocycles. The lowest BCUT2D eigenvalue weighted by molar-refractivity contribution is -0.137. The van der Waals surface area contributed by atoms with Crippen LogP contribution < -0.4 is 0 Å². The molecule has 0 bridgehead atoms. The van der Waals surface area contributed by atoms with Gasteiger partial charge in [-0.3, -0.25) is 9.59 Å². The largest absolute Gasteiger partial charge is 0.480 e. The van der Waals surface area contributed by atoms with Crippen molar-refractivity contribution in [3.05, 3.63) is 33.8 Å². The Morgan fingerprint density at radius 3 is 3.10 bits per heavy atom. The number of amides is 1. The van der Waals surface area contributed by atoms with Crippen molar-refractivity contribution >= 4 is 23.2 Å². The summed E-state index contributed by atoms with van der Waals surface area (Å²) >= 11 is 1.71. The third kappa shape index (κ3) is 2.42. The monoisotopic (exact) mass is 292 g/mol. The van der Waals surface area contributed by atoms with Crippen LogP contribution in [0.3, 0.4) is 0 Å². The number of nitrogens with zero attached hydrogens (tertiary/aromatic N) is 4. The first-order valence-corrected chi connectivity index (χ1v) is 6.98. The van der Waals surface area contributed by atoms with Crippen LogP contribution >= 0.6 is 11.3 Å². The van der Waals surface area contributed by atoms with E-state index in [1.54, 1.807) is 16.2 Å². The van der Waals surface area contributed by atoms with Gasteiger partial charge in [-0.25, -0.2) is 4.68 Å². The van der Waals surface area contributed by atoms with Gasteiger partial charge in [-0.2, -0.15) is 0 Å². The van der Waals surface area contributed by atoms with Crippen molar-refractivity contribution < 1.29 is 14.7 Å². The van der Waals surface area contributed by atoms with E-state index in [2.05, 4.69) is 10.3 Å².